The Kier molecular flexibility index (Phi) is 7.49. The molecule has 3 rings (SSSR count). The molecule has 0 radical (unpaired) electrons. The predicted octanol–water partition coefficient (Wildman–Crippen LogP) is 4.84. The van der Waals surface area contributed by atoms with Gasteiger partial charge >= 0.3 is 0 Å². The van der Waals surface area contributed by atoms with Crippen LogP contribution in [0.5, 0.6) is 0 Å². The van der Waals surface area contributed by atoms with E-state index in [2.05, 4.69) is 53.1 Å². The van der Waals surface area contributed by atoms with Crippen molar-refractivity contribution >= 4 is 27.1 Å². The van der Waals surface area contributed by atoms with Crippen molar-refractivity contribution in [2.24, 2.45) is 0 Å². The van der Waals surface area contributed by atoms with Gasteiger partial charge in [-0.2, -0.15) is 0 Å². The highest BCUT2D eigenvalue weighted by molar-refractivity contribution is 7.93. The number of nitrogens with one attached hydrogen (secondary N) is 2. The van der Waals surface area contributed by atoms with Gasteiger partial charge in [-0.3, -0.25) is 4.72 Å². The fourth-order valence-electron chi connectivity index (χ4n) is 3.71. The number of benzene rings is 2. The van der Waals surface area contributed by atoms with Gasteiger partial charge in [0.05, 0.1) is 17.5 Å². The molecule has 2 aromatic carbocycles. The molecule has 0 spiro atoms. The molecular formula is C24H35N3O3S. The maximum absolute atomic E-state index is 12.0. The highest BCUT2D eigenvalue weighted by Gasteiger charge is 2.33. The molecule has 2 N–H and O–H groups in total. The van der Waals surface area contributed by atoms with E-state index in [1.807, 2.05) is 12.1 Å². The zero-order valence-corrected chi connectivity index (χ0v) is 19.8. The molecule has 170 valence electrons. The predicted molar refractivity (Wildman–Crippen MR) is 129 cm³/mol. The summed E-state index contributed by atoms with van der Waals surface area (Å²) in [7, 11) is -3.32. The largest absolute Gasteiger partial charge is 0.381 e. The van der Waals surface area contributed by atoms with Gasteiger partial charge in [0, 0.05) is 36.7 Å². The van der Waals surface area contributed by atoms with E-state index in [1.54, 1.807) is 26.0 Å². The average Bonchev–Trinajstić information content (AvgIpc) is 2.78. The van der Waals surface area contributed by atoms with Gasteiger partial charge in [0.25, 0.3) is 0 Å². The molecule has 0 aliphatic carbocycles. The highest BCUT2D eigenvalue weighted by atomic mass is 32.2. The molecule has 1 aliphatic rings. The quantitative estimate of drug-likeness (QED) is 0.578. The van der Waals surface area contributed by atoms with E-state index in [4.69, 9.17) is 4.74 Å². The van der Waals surface area contributed by atoms with Gasteiger partial charge in [-0.25, -0.2) is 8.42 Å². The lowest BCUT2D eigenvalue weighted by molar-refractivity contribution is -0.0604. The summed E-state index contributed by atoms with van der Waals surface area (Å²) in [5.41, 5.74) is 3.91. The van der Waals surface area contributed by atoms with Gasteiger partial charge in [0.2, 0.25) is 10.0 Å². The second kappa shape index (κ2) is 9.92. The summed E-state index contributed by atoms with van der Waals surface area (Å²) in [6, 6.07) is 16.0. The van der Waals surface area contributed by atoms with Crippen LogP contribution in [0.3, 0.4) is 0 Å². The molecule has 0 amide bonds. The minimum atomic E-state index is -3.32. The van der Waals surface area contributed by atoms with E-state index in [1.165, 1.54) is 5.69 Å². The van der Waals surface area contributed by atoms with Crippen LogP contribution >= 0.6 is 0 Å². The summed E-state index contributed by atoms with van der Waals surface area (Å²) < 4.78 is 32.6. The van der Waals surface area contributed by atoms with Crippen molar-refractivity contribution in [1.29, 1.82) is 0 Å². The zero-order valence-electron chi connectivity index (χ0n) is 19.0. The monoisotopic (exact) mass is 445 g/mol. The Bertz CT molecular complexity index is 937. The van der Waals surface area contributed by atoms with Crippen LogP contribution < -0.4 is 14.9 Å². The van der Waals surface area contributed by atoms with Crippen LogP contribution in [0.1, 0.15) is 46.1 Å². The Hall–Kier alpha value is -2.25. The second-order valence-electron chi connectivity index (χ2n) is 8.45. The number of hydrogen-bond donors (Lipinski definition) is 2. The Labute approximate surface area is 187 Å². The molecule has 1 heterocycles. The topological polar surface area (TPSA) is 70.7 Å². The molecule has 7 heteroatoms. The molecule has 0 bridgehead atoms. The summed E-state index contributed by atoms with van der Waals surface area (Å²) in [6.45, 7) is 11.0. The Morgan fingerprint density at radius 3 is 2.19 bits per heavy atom. The lowest BCUT2D eigenvalue weighted by atomic mass is 9.94. The second-order valence-corrected chi connectivity index (χ2v) is 10.7. The van der Waals surface area contributed by atoms with Crippen molar-refractivity contribution in [3.63, 3.8) is 0 Å². The maximum atomic E-state index is 12.0. The SMILES string of the molecule is CCC1(CC)CN(c2ccc(NCc3ccc(NS(=O)(=O)C(C)C)cc3)cc2)CCO1. The molecule has 1 fully saturated rings. The molecule has 0 unspecified atom stereocenters. The number of anilines is 3. The smallest absolute Gasteiger partial charge is 0.235 e. The van der Waals surface area contributed by atoms with E-state index in [0.29, 0.717) is 12.2 Å². The molecule has 0 saturated carbocycles. The molecule has 1 saturated heterocycles. The van der Waals surface area contributed by atoms with Gasteiger partial charge in [0.1, 0.15) is 0 Å². The normalized spacial score (nSPS) is 16.4. The molecule has 0 aromatic heterocycles. The number of nitrogens with zero attached hydrogens (tertiary/aromatic N) is 1. The Morgan fingerprint density at radius 1 is 1.00 bits per heavy atom. The van der Waals surface area contributed by atoms with Gasteiger partial charge in [-0.1, -0.05) is 26.0 Å². The lowest BCUT2D eigenvalue weighted by Gasteiger charge is -2.43. The minimum Gasteiger partial charge on any atom is -0.381 e. The summed E-state index contributed by atoms with van der Waals surface area (Å²) in [4.78, 5) is 2.41. The first-order valence-electron chi connectivity index (χ1n) is 11.1. The number of ether oxygens (including phenoxy) is 1. The minimum absolute atomic E-state index is 0.0370. The first-order valence-corrected chi connectivity index (χ1v) is 12.6. The number of sulfonamides is 1. The first-order chi connectivity index (χ1) is 14.8. The van der Waals surface area contributed by atoms with Gasteiger partial charge in [-0.05, 0) is 68.7 Å². The van der Waals surface area contributed by atoms with Crippen molar-refractivity contribution in [3.8, 4) is 0 Å². The van der Waals surface area contributed by atoms with Crippen molar-refractivity contribution in [3.05, 3.63) is 54.1 Å². The van der Waals surface area contributed by atoms with E-state index in [-0.39, 0.29) is 5.60 Å². The molecule has 0 atom stereocenters. The molecule has 1 aliphatic heterocycles. The van der Waals surface area contributed by atoms with Crippen LogP contribution in [-0.4, -0.2) is 39.0 Å². The van der Waals surface area contributed by atoms with E-state index in [9.17, 15) is 8.42 Å². The molecule has 2 aromatic rings. The van der Waals surface area contributed by atoms with Gasteiger partial charge in [-0.15, -0.1) is 0 Å². The summed E-state index contributed by atoms with van der Waals surface area (Å²) in [5, 5.41) is 2.97. The fraction of sp³-hybridized carbons (Fsp3) is 0.500. The first kappa shape index (κ1) is 23.4. The summed E-state index contributed by atoms with van der Waals surface area (Å²) >= 11 is 0. The Balaban J connectivity index is 1.56. The van der Waals surface area contributed by atoms with Crippen molar-refractivity contribution < 1.29 is 13.2 Å². The average molecular weight is 446 g/mol. The van der Waals surface area contributed by atoms with Gasteiger partial charge < -0.3 is 15.0 Å². The molecule has 31 heavy (non-hydrogen) atoms. The number of hydrogen-bond acceptors (Lipinski definition) is 5. The van der Waals surface area contributed by atoms with E-state index >= 15 is 0 Å². The lowest BCUT2D eigenvalue weighted by Crippen LogP contribution is -2.51. The highest BCUT2D eigenvalue weighted by Crippen LogP contribution is 2.29. The van der Waals surface area contributed by atoms with E-state index < -0.39 is 15.3 Å². The molecule has 6 nitrogen and oxygen atoms in total. The standard InChI is InChI=1S/C24H35N3O3S/c1-5-24(6-2)18-27(15-16-30-24)23-13-11-21(12-14-23)25-17-20-7-9-22(10-8-20)26-31(28,29)19(3)4/h7-14,19,25-26H,5-6,15-18H2,1-4H3. The van der Waals surface area contributed by atoms with Crippen LogP contribution in [-0.2, 0) is 21.3 Å². The summed E-state index contributed by atoms with van der Waals surface area (Å²) in [5.74, 6) is 0. The van der Waals surface area contributed by atoms with Crippen LogP contribution in [0, 0.1) is 0 Å². The third-order valence-corrected chi connectivity index (χ3v) is 7.86. The summed E-state index contributed by atoms with van der Waals surface area (Å²) in [6.07, 6.45) is 2.05. The third kappa shape index (κ3) is 5.92. The van der Waals surface area contributed by atoms with Gasteiger partial charge in [0.15, 0.2) is 0 Å². The van der Waals surface area contributed by atoms with Crippen LogP contribution in [0.2, 0.25) is 0 Å². The zero-order chi connectivity index (χ0) is 22.5. The van der Waals surface area contributed by atoms with Crippen molar-refractivity contribution in [2.45, 2.75) is 57.9 Å². The fourth-order valence-corrected chi connectivity index (χ4v) is 4.41. The third-order valence-electron chi connectivity index (χ3n) is 6.10. The van der Waals surface area contributed by atoms with Crippen LogP contribution in [0.4, 0.5) is 17.1 Å². The maximum Gasteiger partial charge on any atom is 0.235 e. The number of morpholine rings is 1. The van der Waals surface area contributed by atoms with E-state index in [0.717, 1.165) is 43.8 Å². The van der Waals surface area contributed by atoms with Crippen LogP contribution in [0.25, 0.3) is 0 Å². The Morgan fingerprint density at radius 2 is 1.61 bits per heavy atom. The molecular weight excluding hydrogens is 410 g/mol. The van der Waals surface area contributed by atoms with Crippen LogP contribution in [0.15, 0.2) is 48.5 Å². The van der Waals surface area contributed by atoms with Crippen molar-refractivity contribution in [1.82, 2.24) is 0 Å². The number of rotatable bonds is 9. The van der Waals surface area contributed by atoms with Crippen molar-refractivity contribution in [2.75, 3.05) is 34.6 Å².